The minimum Gasteiger partial charge on any atom is -0.493 e. The number of hydrogen-bond acceptors (Lipinski definition) is 9. The molecule has 1 atom stereocenters. The van der Waals surface area contributed by atoms with Gasteiger partial charge in [-0.2, -0.15) is 0 Å². The third-order valence-corrected chi connectivity index (χ3v) is 8.51. The zero-order chi connectivity index (χ0) is 31.4. The Balaban J connectivity index is 1.81. The van der Waals surface area contributed by atoms with E-state index in [1.807, 2.05) is 49.4 Å². The van der Waals surface area contributed by atoms with Gasteiger partial charge in [0.2, 0.25) is 0 Å². The molecule has 0 saturated heterocycles. The lowest BCUT2D eigenvalue weighted by atomic mass is 9.93. The Labute approximate surface area is 266 Å². The van der Waals surface area contributed by atoms with Crippen LogP contribution in [0.1, 0.15) is 36.6 Å². The molecule has 1 aliphatic rings. The zero-order valence-corrected chi connectivity index (χ0v) is 27.3. The molecular formula is C33H31BrN2O7S. The standard InChI is InChI=1S/C33H31BrN2O7S/c1-6-42-30-22(34)15-19(16-25(30)41-5)17-26-31(37)36-29(21-13-14-23(39-3)24(18-21)40-4)27(32(38)43-7-2)28(35-33(36)44-26)20-11-9-8-10-12-20/h8-18,29H,6-7H2,1-5H3/b26-17-/t29-/m1/s1. The van der Waals surface area contributed by atoms with Crippen molar-refractivity contribution < 1.29 is 28.5 Å². The van der Waals surface area contributed by atoms with Gasteiger partial charge in [-0.05, 0) is 71.2 Å². The second-order valence-electron chi connectivity index (χ2n) is 9.51. The van der Waals surface area contributed by atoms with Gasteiger partial charge < -0.3 is 23.7 Å². The number of halogens is 1. The van der Waals surface area contributed by atoms with Gasteiger partial charge in [0.25, 0.3) is 5.56 Å². The SMILES string of the molecule is CCOC(=O)C1=C(c2ccccc2)N=c2s/c(=C\c3cc(Br)c(OCC)c(OC)c3)c(=O)n2[C@@H]1c1ccc(OC)c(OC)c1. The molecule has 0 fully saturated rings. The molecule has 1 aromatic heterocycles. The average molecular weight is 680 g/mol. The van der Waals surface area contributed by atoms with Crippen LogP contribution < -0.4 is 33.8 Å². The Morgan fingerprint density at radius 1 is 0.955 bits per heavy atom. The molecule has 0 spiro atoms. The maximum Gasteiger partial charge on any atom is 0.338 e. The second kappa shape index (κ2) is 13.5. The number of carbonyl (C=O) groups is 1. The number of fused-ring (bicyclic) bond motifs is 1. The normalized spacial score (nSPS) is 14.5. The fourth-order valence-electron chi connectivity index (χ4n) is 5.04. The van der Waals surface area contributed by atoms with E-state index >= 15 is 0 Å². The van der Waals surface area contributed by atoms with Crippen molar-refractivity contribution in [1.82, 2.24) is 4.57 Å². The molecule has 4 aromatic rings. The summed E-state index contributed by atoms with van der Waals surface area (Å²) in [5, 5.41) is 0. The van der Waals surface area contributed by atoms with E-state index < -0.39 is 12.0 Å². The number of carbonyl (C=O) groups excluding carboxylic acids is 1. The first-order valence-electron chi connectivity index (χ1n) is 13.9. The quantitative estimate of drug-likeness (QED) is 0.215. The van der Waals surface area contributed by atoms with Crippen LogP contribution in [0.5, 0.6) is 23.0 Å². The van der Waals surface area contributed by atoms with Crippen LogP contribution in [-0.4, -0.2) is 45.1 Å². The predicted octanol–water partition coefficient (Wildman–Crippen LogP) is 5.12. The summed E-state index contributed by atoms with van der Waals surface area (Å²) in [7, 11) is 4.65. The van der Waals surface area contributed by atoms with Crippen LogP contribution >= 0.6 is 27.3 Å². The molecule has 0 radical (unpaired) electrons. The maximum absolute atomic E-state index is 14.2. The Hall–Kier alpha value is -4.35. The molecule has 1 aliphatic heterocycles. The largest absolute Gasteiger partial charge is 0.493 e. The maximum atomic E-state index is 14.2. The number of esters is 1. The van der Waals surface area contributed by atoms with Crippen molar-refractivity contribution in [2.45, 2.75) is 19.9 Å². The van der Waals surface area contributed by atoms with Gasteiger partial charge in [0.05, 0.1) is 60.9 Å². The van der Waals surface area contributed by atoms with Crippen LogP contribution in [0.15, 0.2) is 80.5 Å². The van der Waals surface area contributed by atoms with Gasteiger partial charge in [0.15, 0.2) is 27.8 Å². The Morgan fingerprint density at radius 2 is 1.68 bits per heavy atom. The first kappa shape index (κ1) is 31.1. The summed E-state index contributed by atoms with van der Waals surface area (Å²) in [5.41, 5.74) is 2.44. The lowest BCUT2D eigenvalue weighted by molar-refractivity contribution is -0.138. The molecule has 0 bridgehead atoms. The molecule has 11 heteroatoms. The predicted molar refractivity (Wildman–Crippen MR) is 172 cm³/mol. The van der Waals surface area contributed by atoms with Crippen LogP contribution in [0.4, 0.5) is 0 Å². The van der Waals surface area contributed by atoms with Gasteiger partial charge in [0, 0.05) is 5.56 Å². The Morgan fingerprint density at radius 3 is 2.34 bits per heavy atom. The number of hydrogen-bond donors (Lipinski definition) is 0. The molecule has 0 N–H and O–H groups in total. The minimum absolute atomic E-state index is 0.155. The molecule has 9 nitrogen and oxygen atoms in total. The van der Waals surface area contributed by atoms with Crippen LogP contribution in [0.25, 0.3) is 11.8 Å². The molecule has 0 unspecified atom stereocenters. The molecular weight excluding hydrogens is 648 g/mol. The monoisotopic (exact) mass is 678 g/mol. The lowest BCUT2D eigenvalue weighted by Crippen LogP contribution is -2.40. The van der Waals surface area contributed by atoms with Crippen molar-refractivity contribution in [3.63, 3.8) is 0 Å². The smallest absolute Gasteiger partial charge is 0.338 e. The van der Waals surface area contributed by atoms with Crippen LogP contribution in [0.3, 0.4) is 0 Å². The molecule has 0 aliphatic carbocycles. The van der Waals surface area contributed by atoms with Crippen molar-refractivity contribution in [3.8, 4) is 23.0 Å². The summed E-state index contributed by atoms with van der Waals surface area (Å²) >= 11 is 4.79. The van der Waals surface area contributed by atoms with Gasteiger partial charge in [0.1, 0.15) is 0 Å². The van der Waals surface area contributed by atoms with Crippen LogP contribution in [-0.2, 0) is 9.53 Å². The highest BCUT2D eigenvalue weighted by Gasteiger charge is 2.35. The summed E-state index contributed by atoms with van der Waals surface area (Å²) in [4.78, 5) is 33.3. The third kappa shape index (κ3) is 5.89. The number of rotatable bonds is 10. The van der Waals surface area contributed by atoms with Gasteiger partial charge in [-0.3, -0.25) is 9.36 Å². The second-order valence-corrected chi connectivity index (χ2v) is 11.4. The van der Waals surface area contributed by atoms with E-state index in [2.05, 4.69) is 15.9 Å². The molecule has 5 rings (SSSR count). The van der Waals surface area contributed by atoms with E-state index in [1.165, 1.54) is 23.0 Å². The van der Waals surface area contributed by atoms with Crippen molar-refractivity contribution >= 4 is 45.0 Å². The summed E-state index contributed by atoms with van der Waals surface area (Å²) < 4.78 is 30.5. The summed E-state index contributed by atoms with van der Waals surface area (Å²) in [6, 6.07) is 17.5. The zero-order valence-electron chi connectivity index (χ0n) is 24.9. The van der Waals surface area contributed by atoms with Crippen molar-refractivity contribution in [1.29, 1.82) is 0 Å². The highest BCUT2D eigenvalue weighted by atomic mass is 79.9. The highest BCUT2D eigenvalue weighted by molar-refractivity contribution is 9.10. The summed E-state index contributed by atoms with van der Waals surface area (Å²) in [5.74, 6) is 1.51. The number of thiazole rings is 1. The molecule has 228 valence electrons. The first-order valence-corrected chi connectivity index (χ1v) is 15.5. The molecule has 0 saturated carbocycles. The number of benzene rings is 3. The fraction of sp³-hybridized carbons (Fsp3) is 0.242. The van der Waals surface area contributed by atoms with Crippen molar-refractivity contribution in [2.75, 3.05) is 34.5 Å². The van der Waals surface area contributed by atoms with E-state index in [9.17, 15) is 9.59 Å². The van der Waals surface area contributed by atoms with Gasteiger partial charge in [-0.25, -0.2) is 9.79 Å². The van der Waals surface area contributed by atoms with Crippen molar-refractivity contribution in [3.05, 3.63) is 107 Å². The minimum atomic E-state index is -0.857. The van der Waals surface area contributed by atoms with E-state index in [0.29, 0.717) is 54.7 Å². The van der Waals surface area contributed by atoms with Crippen molar-refractivity contribution in [2.24, 2.45) is 4.99 Å². The number of methoxy groups -OCH3 is 3. The molecule has 2 heterocycles. The van der Waals surface area contributed by atoms with Crippen LogP contribution in [0, 0.1) is 0 Å². The third-order valence-electron chi connectivity index (χ3n) is 6.94. The summed E-state index contributed by atoms with van der Waals surface area (Å²) in [6.45, 7) is 4.26. The number of ether oxygens (including phenoxy) is 5. The Kier molecular flexibility index (Phi) is 9.55. The molecule has 0 amide bonds. The highest BCUT2D eigenvalue weighted by Crippen LogP contribution is 2.39. The van der Waals surface area contributed by atoms with E-state index in [-0.39, 0.29) is 17.7 Å². The van der Waals surface area contributed by atoms with E-state index in [0.717, 1.165) is 11.1 Å². The van der Waals surface area contributed by atoms with Gasteiger partial charge in [-0.1, -0.05) is 47.7 Å². The van der Waals surface area contributed by atoms with E-state index in [4.69, 9.17) is 28.7 Å². The van der Waals surface area contributed by atoms with E-state index in [1.54, 1.807) is 45.4 Å². The number of nitrogens with zero attached hydrogens (tertiary/aromatic N) is 2. The lowest BCUT2D eigenvalue weighted by Gasteiger charge is -2.26. The molecule has 3 aromatic carbocycles. The fourth-order valence-corrected chi connectivity index (χ4v) is 6.61. The van der Waals surface area contributed by atoms with Gasteiger partial charge >= 0.3 is 5.97 Å². The number of aromatic nitrogens is 1. The topological polar surface area (TPSA) is 97.6 Å². The summed E-state index contributed by atoms with van der Waals surface area (Å²) in [6.07, 6.45) is 1.77. The van der Waals surface area contributed by atoms with Gasteiger partial charge in [-0.15, -0.1) is 0 Å². The Bertz CT molecular complexity index is 1910. The first-order chi connectivity index (χ1) is 21.3. The van der Waals surface area contributed by atoms with Crippen LogP contribution in [0.2, 0.25) is 0 Å². The molecule has 44 heavy (non-hydrogen) atoms. The average Bonchev–Trinajstić information content (AvgIpc) is 3.35.